The van der Waals surface area contributed by atoms with Crippen LogP contribution in [0.1, 0.15) is 12.0 Å². The molecule has 1 saturated heterocycles. The quantitative estimate of drug-likeness (QED) is 0.709. The van der Waals surface area contributed by atoms with Crippen LogP contribution in [0.3, 0.4) is 0 Å². The number of fused-ring (bicyclic) bond motifs is 1. The van der Waals surface area contributed by atoms with Gasteiger partial charge in [0.15, 0.2) is 0 Å². The SMILES string of the molecule is OC1(CNc2cnc(-c3ccc(C(F)(F)F)cc3)c3ncccc23)CCOC1. The molecule has 28 heavy (non-hydrogen) atoms. The molecule has 1 fully saturated rings. The van der Waals surface area contributed by atoms with E-state index in [2.05, 4.69) is 15.3 Å². The molecule has 0 aliphatic carbocycles. The molecule has 4 rings (SSSR count). The summed E-state index contributed by atoms with van der Waals surface area (Å²) in [4.78, 5) is 8.79. The first-order valence-corrected chi connectivity index (χ1v) is 8.81. The summed E-state index contributed by atoms with van der Waals surface area (Å²) >= 11 is 0. The van der Waals surface area contributed by atoms with E-state index in [1.165, 1.54) is 12.1 Å². The van der Waals surface area contributed by atoms with Gasteiger partial charge in [-0.05, 0) is 24.3 Å². The van der Waals surface area contributed by atoms with E-state index in [1.54, 1.807) is 18.5 Å². The zero-order valence-electron chi connectivity index (χ0n) is 14.8. The molecule has 2 N–H and O–H groups in total. The third-order valence-electron chi connectivity index (χ3n) is 4.82. The summed E-state index contributed by atoms with van der Waals surface area (Å²) in [7, 11) is 0. The molecule has 0 amide bonds. The van der Waals surface area contributed by atoms with Crippen LogP contribution in [0.5, 0.6) is 0 Å². The standard InChI is InChI=1S/C20H18F3N3O2/c21-20(22,23)14-5-3-13(4-6-14)17-18-15(2-1-8-24-18)16(10-25-17)26-11-19(27)7-9-28-12-19/h1-6,8,10,26-27H,7,9,11-12H2. The molecule has 0 bridgehead atoms. The minimum absolute atomic E-state index is 0.271. The second kappa shape index (κ2) is 7.03. The lowest BCUT2D eigenvalue weighted by Crippen LogP contribution is -2.37. The third-order valence-corrected chi connectivity index (χ3v) is 4.82. The number of anilines is 1. The number of alkyl halides is 3. The van der Waals surface area contributed by atoms with Crippen LogP contribution >= 0.6 is 0 Å². The van der Waals surface area contributed by atoms with Gasteiger partial charge in [-0.3, -0.25) is 9.97 Å². The second-order valence-electron chi connectivity index (χ2n) is 6.88. The summed E-state index contributed by atoms with van der Waals surface area (Å²) < 4.78 is 43.7. The van der Waals surface area contributed by atoms with Crippen LogP contribution in [-0.4, -0.2) is 40.4 Å². The first-order valence-electron chi connectivity index (χ1n) is 8.81. The van der Waals surface area contributed by atoms with E-state index in [0.29, 0.717) is 42.0 Å². The number of halogens is 3. The fraction of sp³-hybridized carbons (Fsp3) is 0.300. The van der Waals surface area contributed by atoms with Crippen molar-refractivity contribution in [3.05, 3.63) is 54.4 Å². The number of hydrogen-bond donors (Lipinski definition) is 2. The molecule has 3 aromatic rings. The highest BCUT2D eigenvalue weighted by molar-refractivity contribution is 5.98. The molecule has 2 aromatic heterocycles. The van der Waals surface area contributed by atoms with E-state index < -0.39 is 17.3 Å². The van der Waals surface area contributed by atoms with Crippen LogP contribution < -0.4 is 5.32 Å². The van der Waals surface area contributed by atoms with Crippen molar-refractivity contribution in [1.82, 2.24) is 9.97 Å². The number of benzene rings is 1. The zero-order chi connectivity index (χ0) is 19.8. The van der Waals surface area contributed by atoms with Gasteiger partial charge in [-0.1, -0.05) is 12.1 Å². The van der Waals surface area contributed by atoms with Crippen molar-refractivity contribution in [2.75, 3.05) is 25.1 Å². The number of nitrogens with one attached hydrogen (secondary N) is 1. The Kier molecular flexibility index (Phi) is 4.68. The number of aliphatic hydroxyl groups is 1. The van der Waals surface area contributed by atoms with Gasteiger partial charge < -0.3 is 15.2 Å². The largest absolute Gasteiger partial charge is 0.416 e. The number of hydrogen-bond acceptors (Lipinski definition) is 5. The molecule has 8 heteroatoms. The molecular weight excluding hydrogens is 371 g/mol. The van der Waals surface area contributed by atoms with Crippen LogP contribution in [0, 0.1) is 0 Å². The van der Waals surface area contributed by atoms with Crippen LogP contribution in [0.4, 0.5) is 18.9 Å². The number of aromatic nitrogens is 2. The molecule has 3 heterocycles. The van der Waals surface area contributed by atoms with E-state index >= 15 is 0 Å². The normalized spacial score (nSPS) is 19.9. The van der Waals surface area contributed by atoms with Gasteiger partial charge in [0.2, 0.25) is 0 Å². The molecule has 1 aliphatic heterocycles. The summed E-state index contributed by atoms with van der Waals surface area (Å²) in [5.41, 5.74) is 0.671. The lowest BCUT2D eigenvalue weighted by molar-refractivity contribution is -0.137. The Labute approximate surface area is 159 Å². The highest BCUT2D eigenvalue weighted by Crippen LogP contribution is 2.33. The molecule has 0 spiro atoms. The van der Waals surface area contributed by atoms with Crippen molar-refractivity contribution in [2.45, 2.75) is 18.2 Å². The van der Waals surface area contributed by atoms with Gasteiger partial charge in [0.05, 0.1) is 35.3 Å². The highest BCUT2D eigenvalue weighted by atomic mass is 19.4. The lowest BCUT2D eigenvalue weighted by Gasteiger charge is -2.22. The summed E-state index contributed by atoms with van der Waals surface area (Å²) in [6.45, 7) is 1.09. The van der Waals surface area contributed by atoms with E-state index in [1.807, 2.05) is 6.07 Å². The van der Waals surface area contributed by atoms with Gasteiger partial charge >= 0.3 is 6.18 Å². The van der Waals surface area contributed by atoms with E-state index in [-0.39, 0.29) is 6.61 Å². The topological polar surface area (TPSA) is 67.3 Å². The summed E-state index contributed by atoms with van der Waals surface area (Å²) in [5.74, 6) is 0. The fourth-order valence-electron chi connectivity index (χ4n) is 3.24. The monoisotopic (exact) mass is 389 g/mol. The van der Waals surface area contributed by atoms with E-state index in [4.69, 9.17) is 4.74 Å². The highest BCUT2D eigenvalue weighted by Gasteiger charge is 2.32. The van der Waals surface area contributed by atoms with Crippen molar-refractivity contribution < 1.29 is 23.0 Å². The smallest absolute Gasteiger partial charge is 0.386 e. The third kappa shape index (κ3) is 3.65. The van der Waals surface area contributed by atoms with Crippen molar-refractivity contribution in [1.29, 1.82) is 0 Å². The predicted octanol–water partition coefficient (Wildman–Crippen LogP) is 3.88. The van der Waals surface area contributed by atoms with Gasteiger partial charge in [-0.15, -0.1) is 0 Å². The van der Waals surface area contributed by atoms with E-state index in [9.17, 15) is 18.3 Å². The van der Waals surface area contributed by atoms with Crippen molar-refractivity contribution >= 4 is 16.6 Å². The summed E-state index contributed by atoms with van der Waals surface area (Å²) in [6, 6.07) is 8.49. The maximum Gasteiger partial charge on any atom is 0.416 e. The van der Waals surface area contributed by atoms with Gasteiger partial charge in [0.25, 0.3) is 0 Å². The van der Waals surface area contributed by atoms with Crippen LogP contribution in [0.2, 0.25) is 0 Å². The first kappa shape index (κ1) is 18.6. The molecule has 1 atom stereocenters. The Morgan fingerprint density at radius 3 is 2.61 bits per heavy atom. The minimum Gasteiger partial charge on any atom is -0.386 e. The Morgan fingerprint density at radius 2 is 1.93 bits per heavy atom. The second-order valence-corrected chi connectivity index (χ2v) is 6.88. The van der Waals surface area contributed by atoms with Crippen molar-refractivity contribution in [3.63, 3.8) is 0 Å². The predicted molar refractivity (Wildman–Crippen MR) is 98.9 cm³/mol. The first-order chi connectivity index (χ1) is 13.4. The molecule has 1 aromatic carbocycles. The molecule has 5 nitrogen and oxygen atoms in total. The molecule has 146 valence electrons. The lowest BCUT2D eigenvalue weighted by atomic mass is 10.0. The van der Waals surface area contributed by atoms with Gasteiger partial charge in [-0.25, -0.2) is 0 Å². The number of rotatable bonds is 4. The molecule has 0 saturated carbocycles. The Hall–Kier alpha value is -2.71. The Bertz CT molecular complexity index is 984. The van der Waals surface area contributed by atoms with E-state index in [0.717, 1.165) is 17.5 Å². The average Bonchev–Trinajstić information content (AvgIpc) is 3.12. The van der Waals surface area contributed by atoms with Gasteiger partial charge in [0, 0.05) is 36.7 Å². The maximum absolute atomic E-state index is 12.8. The molecular formula is C20H18F3N3O2. The Balaban J connectivity index is 1.67. The Morgan fingerprint density at radius 1 is 1.14 bits per heavy atom. The number of pyridine rings is 2. The average molecular weight is 389 g/mol. The molecule has 1 unspecified atom stereocenters. The minimum atomic E-state index is -4.38. The van der Waals surface area contributed by atoms with Crippen LogP contribution in [0.15, 0.2) is 48.8 Å². The fourth-order valence-corrected chi connectivity index (χ4v) is 3.24. The molecule has 0 radical (unpaired) electrons. The van der Waals surface area contributed by atoms with Crippen LogP contribution in [-0.2, 0) is 10.9 Å². The maximum atomic E-state index is 12.8. The van der Waals surface area contributed by atoms with Gasteiger partial charge in [-0.2, -0.15) is 13.2 Å². The van der Waals surface area contributed by atoms with Crippen molar-refractivity contribution in [3.8, 4) is 11.3 Å². The summed E-state index contributed by atoms with van der Waals surface area (Å²) in [6.07, 6.45) is -0.618. The van der Waals surface area contributed by atoms with Crippen LogP contribution in [0.25, 0.3) is 22.2 Å². The summed E-state index contributed by atoms with van der Waals surface area (Å²) in [5, 5.41) is 14.4. The van der Waals surface area contributed by atoms with Crippen molar-refractivity contribution in [2.24, 2.45) is 0 Å². The molecule has 1 aliphatic rings. The zero-order valence-corrected chi connectivity index (χ0v) is 14.8. The number of ether oxygens (including phenoxy) is 1. The van der Waals surface area contributed by atoms with Gasteiger partial charge in [0.1, 0.15) is 5.60 Å². The number of nitrogens with zero attached hydrogens (tertiary/aromatic N) is 2.